The number of likely N-dealkylation sites (N-methyl/N-ethyl adjacent to an activating group) is 1. The molecular formula is C23H26FN3O3. The van der Waals surface area contributed by atoms with Crippen LogP contribution >= 0.6 is 0 Å². The number of halogens is 1. The van der Waals surface area contributed by atoms with Crippen molar-refractivity contribution < 1.29 is 18.7 Å². The second kappa shape index (κ2) is 8.07. The van der Waals surface area contributed by atoms with Gasteiger partial charge in [-0.2, -0.15) is 0 Å². The Hall–Kier alpha value is -2.93. The number of ether oxygens (including phenoxy) is 1. The minimum absolute atomic E-state index is 0.186. The monoisotopic (exact) mass is 411 g/mol. The molecule has 1 fully saturated rings. The van der Waals surface area contributed by atoms with E-state index in [1.54, 1.807) is 29.2 Å². The van der Waals surface area contributed by atoms with Crippen LogP contribution in [0.3, 0.4) is 0 Å². The Morgan fingerprint density at radius 3 is 2.63 bits per heavy atom. The Kier molecular flexibility index (Phi) is 5.47. The van der Waals surface area contributed by atoms with E-state index in [0.717, 1.165) is 25.1 Å². The van der Waals surface area contributed by atoms with Gasteiger partial charge in [0.05, 0.1) is 18.4 Å². The van der Waals surface area contributed by atoms with E-state index in [1.165, 1.54) is 13.2 Å². The van der Waals surface area contributed by atoms with Gasteiger partial charge in [0.2, 0.25) is 0 Å². The van der Waals surface area contributed by atoms with E-state index in [4.69, 9.17) is 4.74 Å². The number of carbonyl (C=O) groups excluding carboxylic acids is 2. The van der Waals surface area contributed by atoms with Gasteiger partial charge in [-0.05, 0) is 68.9 Å². The maximum Gasteiger partial charge on any atom is 0.337 e. The molecule has 6 nitrogen and oxygen atoms in total. The van der Waals surface area contributed by atoms with Crippen LogP contribution in [0.4, 0.5) is 15.8 Å². The SMILES string of the molecule is COC(=O)c1ccc2c(c1)CCN(c1ccc(N3CC[C@@H](N(C)C)C3)c(F)c1)C2=O. The van der Waals surface area contributed by atoms with E-state index in [9.17, 15) is 14.0 Å². The topological polar surface area (TPSA) is 53.1 Å². The standard InChI is InChI=1S/C23H26FN3O3/c1-25(2)18-9-10-26(14-18)21-7-5-17(13-20(21)24)27-11-8-15-12-16(23(29)30-3)4-6-19(15)22(27)28/h4-7,12-13,18H,8-11,14H2,1-3H3/t18-/m1/s1. The molecule has 2 aromatic rings. The lowest BCUT2D eigenvalue weighted by Crippen LogP contribution is -2.38. The molecule has 30 heavy (non-hydrogen) atoms. The first-order chi connectivity index (χ1) is 14.4. The summed E-state index contributed by atoms with van der Waals surface area (Å²) in [4.78, 5) is 30.6. The van der Waals surface area contributed by atoms with Crippen LogP contribution in [0.25, 0.3) is 0 Å². The molecule has 2 aliphatic heterocycles. The summed E-state index contributed by atoms with van der Waals surface area (Å²) in [6, 6.07) is 10.4. The summed E-state index contributed by atoms with van der Waals surface area (Å²) in [5.41, 5.74) is 2.90. The van der Waals surface area contributed by atoms with Crippen LogP contribution in [0.1, 0.15) is 32.7 Å². The zero-order chi connectivity index (χ0) is 21.4. The molecule has 0 unspecified atom stereocenters. The van der Waals surface area contributed by atoms with Crippen LogP contribution in [0, 0.1) is 5.82 Å². The van der Waals surface area contributed by atoms with E-state index in [0.29, 0.717) is 41.5 Å². The molecular weight excluding hydrogens is 385 g/mol. The zero-order valence-corrected chi connectivity index (χ0v) is 17.5. The number of hydrogen-bond donors (Lipinski definition) is 0. The molecule has 0 spiro atoms. The van der Waals surface area contributed by atoms with Gasteiger partial charge in [0.15, 0.2) is 0 Å². The van der Waals surface area contributed by atoms with Gasteiger partial charge < -0.3 is 19.4 Å². The van der Waals surface area contributed by atoms with Gasteiger partial charge in [-0.1, -0.05) is 0 Å². The molecule has 0 aliphatic carbocycles. The van der Waals surface area contributed by atoms with Gasteiger partial charge in [-0.3, -0.25) is 4.79 Å². The van der Waals surface area contributed by atoms with Gasteiger partial charge >= 0.3 is 5.97 Å². The lowest BCUT2D eigenvalue weighted by atomic mass is 9.96. The number of benzene rings is 2. The molecule has 158 valence electrons. The summed E-state index contributed by atoms with van der Waals surface area (Å²) in [6.45, 7) is 2.04. The van der Waals surface area contributed by atoms with Gasteiger partial charge in [-0.15, -0.1) is 0 Å². The van der Waals surface area contributed by atoms with Crippen LogP contribution in [-0.4, -0.2) is 63.7 Å². The van der Waals surface area contributed by atoms with Crippen LogP contribution in [0.5, 0.6) is 0 Å². The van der Waals surface area contributed by atoms with E-state index in [1.807, 2.05) is 20.2 Å². The molecule has 1 amide bonds. The fraction of sp³-hybridized carbons (Fsp3) is 0.391. The summed E-state index contributed by atoms with van der Waals surface area (Å²) in [7, 11) is 5.42. The van der Waals surface area contributed by atoms with Crippen LogP contribution in [0.2, 0.25) is 0 Å². The summed E-state index contributed by atoms with van der Waals surface area (Å²) in [6.07, 6.45) is 1.59. The molecule has 1 saturated heterocycles. The van der Waals surface area contributed by atoms with Gasteiger partial charge in [0.25, 0.3) is 5.91 Å². The molecule has 2 aliphatic rings. The lowest BCUT2D eigenvalue weighted by molar-refractivity contribution is 0.0600. The molecule has 0 aromatic heterocycles. The number of anilines is 2. The second-order valence-corrected chi connectivity index (χ2v) is 8.06. The molecule has 2 heterocycles. The van der Waals surface area contributed by atoms with Gasteiger partial charge in [-0.25, -0.2) is 9.18 Å². The Morgan fingerprint density at radius 1 is 1.17 bits per heavy atom. The van der Waals surface area contributed by atoms with E-state index in [-0.39, 0.29) is 11.7 Å². The summed E-state index contributed by atoms with van der Waals surface area (Å²) >= 11 is 0. The van der Waals surface area contributed by atoms with Crippen molar-refractivity contribution in [2.24, 2.45) is 0 Å². The zero-order valence-electron chi connectivity index (χ0n) is 17.5. The first-order valence-electron chi connectivity index (χ1n) is 10.1. The second-order valence-electron chi connectivity index (χ2n) is 8.06. The van der Waals surface area contributed by atoms with Crippen molar-refractivity contribution >= 4 is 23.3 Å². The van der Waals surface area contributed by atoms with Crippen molar-refractivity contribution in [1.82, 2.24) is 4.90 Å². The highest BCUT2D eigenvalue weighted by atomic mass is 19.1. The largest absolute Gasteiger partial charge is 0.465 e. The van der Waals surface area contributed by atoms with Crippen molar-refractivity contribution in [3.05, 3.63) is 58.9 Å². The highest BCUT2D eigenvalue weighted by Crippen LogP contribution is 2.31. The number of esters is 1. The lowest BCUT2D eigenvalue weighted by Gasteiger charge is -2.29. The number of hydrogen-bond acceptors (Lipinski definition) is 5. The van der Waals surface area contributed by atoms with E-state index < -0.39 is 5.97 Å². The predicted molar refractivity (Wildman–Crippen MR) is 114 cm³/mol. The third kappa shape index (κ3) is 3.65. The van der Waals surface area contributed by atoms with Gasteiger partial charge in [0.1, 0.15) is 5.82 Å². The van der Waals surface area contributed by atoms with Crippen LogP contribution in [-0.2, 0) is 11.2 Å². The van der Waals surface area contributed by atoms with E-state index in [2.05, 4.69) is 9.80 Å². The first-order valence-corrected chi connectivity index (χ1v) is 10.1. The average Bonchev–Trinajstić information content (AvgIpc) is 3.23. The minimum atomic E-state index is -0.427. The van der Waals surface area contributed by atoms with Crippen LogP contribution in [0.15, 0.2) is 36.4 Å². The normalized spacial score (nSPS) is 18.7. The molecule has 0 bridgehead atoms. The number of amides is 1. The molecule has 0 N–H and O–H groups in total. The van der Waals surface area contributed by atoms with Crippen molar-refractivity contribution in [2.45, 2.75) is 18.9 Å². The predicted octanol–water partition coefficient (Wildman–Crippen LogP) is 2.96. The van der Waals surface area contributed by atoms with Crippen LogP contribution < -0.4 is 9.80 Å². The first kappa shape index (κ1) is 20.3. The Balaban J connectivity index is 1.55. The third-order valence-corrected chi connectivity index (χ3v) is 6.08. The number of methoxy groups -OCH3 is 1. The maximum atomic E-state index is 14.9. The fourth-order valence-electron chi connectivity index (χ4n) is 4.28. The highest BCUT2D eigenvalue weighted by Gasteiger charge is 2.29. The Bertz CT molecular complexity index is 992. The summed E-state index contributed by atoms with van der Waals surface area (Å²) in [5, 5.41) is 0. The number of nitrogens with zero attached hydrogens (tertiary/aromatic N) is 3. The quantitative estimate of drug-likeness (QED) is 0.724. The number of carbonyl (C=O) groups is 2. The summed E-state index contributed by atoms with van der Waals surface area (Å²) < 4.78 is 19.7. The van der Waals surface area contributed by atoms with E-state index >= 15 is 0 Å². The molecule has 2 aromatic carbocycles. The molecule has 7 heteroatoms. The molecule has 0 radical (unpaired) electrons. The average molecular weight is 411 g/mol. The van der Waals surface area contributed by atoms with Gasteiger partial charge in [0, 0.05) is 36.9 Å². The van der Waals surface area contributed by atoms with Crippen molar-refractivity contribution in [3.8, 4) is 0 Å². The molecule has 0 saturated carbocycles. The minimum Gasteiger partial charge on any atom is -0.465 e. The molecule has 4 rings (SSSR count). The maximum absolute atomic E-state index is 14.9. The Morgan fingerprint density at radius 2 is 1.97 bits per heavy atom. The third-order valence-electron chi connectivity index (χ3n) is 6.08. The fourth-order valence-corrected chi connectivity index (χ4v) is 4.28. The molecule has 1 atom stereocenters. The Labute approximate surface area is 175 Å². The summed E-state index contributed by atoms with van der Waals surface area (Å²) in [5.74, 6) is -0.927. The number of rotatable bonds is 4. The van der Waals surface area contributed by atoms with Crippen molar-refractivity contribution in [3.63, 3.8) is 0 Å². The highest BCUT2D eigenvalue weighted by molar-refractivity contribution is 6.08. The number of fused-ring (bicyclic) bond motifs is 1. The smallest absolute Gasteiger partial charge is 0.337 e. The van der Waals surface area contributed by atoms with Crippen molar-refractivity contribution in [2.75, 3.05) is 50.6 Å². The van der Waals surface area contributed by atoms with Crippen molar-refractivity contribution in [1.29, 1.82) is 0 Å².